The van der Waals surface area contributed by atoms with Crippen molar-refractivity contribution >= 4 is 65.3 Å². The van der Waals surface area contributed by atoms with Gasteiger partial charge in [-0.1, -0.05) is 84.9 Å². The molecule has 146 valence electrons. The summed E-state index contributed by atoms with van der Waals surface area (Å²) in [4.78, 5) is 0. The maximum absolute atomic E-state index is 15.3. The second-order valence-corrected chi connectivity index (χ2v) is 11.8. The third kappa shape index (κ3) is 2.19. The molecule has 0 N–H and O–H groups in total. The van der Waals surface area contributed by atoms with Crippen molar-refractivity contribution in [2.24, 2.45) is 0 Å². The van der Waals surface area contributed by atoms with E-state index in [4.69, 9.17) is 0 Å². The van der Waals surface area contributed by atoms with Crippen LogP contribution in [0.15, 0.2) is 103 Å². The van der Waals surface area contributed by atoms with Gasteiger partial charge in [0.05, 0.1) is 0 Å². The molecule has 1 nitrogen and oxygen atoms in total. The number of hydrogen-bond acceptors (Lipinski definition) is 2. The van der Waals surface area contributed by atoms with Crippen molar-refractivity contribution in [1.82, 2.24) is 0 Å². The Balaban J connectivity index is 1.75. The quantitative estimate of drug-likeness (QED) is 0.260. The van der Waals surface area contributed by atoms with Gasteiger partial charge in [0.15, 0.2) is 7.14 Å². The van der Waals surface area contributed by atoms with E-state index in [2.05, 4.69) is 72.8 Å². The Bertz CT molecular complexity index is 1710. The van der Waals surface area contributed by atoms with Gasteiger partial charge in [-0.15, -0.1) is 11.3 Å². The lowest BCUT2D eigenvalue weighted by Gasteiger charge is -2.17. The fourth-order valence-corrected chi connectivity index (χ4v) is 9.64. The van der Waals surface area contributed by atoms with Crippen LogP contribution in [0.5, 0.6) is 0 Å². The summed E-state index contributed by atoms with van der Waals surface area (Å²) >= 11 is 1.78. The normalized spacial score (nSPS) is 17.3. The van der Waals surface area contributed by atoms with E-state index in [1.807, 2.05) is 30.3 Å². The van der Waals surface area contributed by atoms with Gasteiger partial charge in [0.1, 0.15) is 0 Å². The molecule has 0 saturated carbocycles. The summed E-state index contributed by atoms with van der Waals surface area (Å²) in [6.45, 7) is 0. The Kier molecular flexibility index (Phi) is 3.48. The predicted molar refractivity (Wildman–Crippen MR) is 135 cm³/mol. The highest BCUT2D eigenvalue weighted by atomic mass is 32.1. The second-order valence-electron chi connectivity index (χ2n) is 8.06. The van der Waals surface area contributed by atoms with Gasteiger partial charge in [0.2, 0.25) is 0 Å². The highest BCUT2D eigenvalue weighted by Gasteiger charge is 2.42. The fraction of sp³-hybridized carbons (Fsp3) is 0. The van der Waals surface area contributed by atoms with Crippen molar-refractivity contribution in [3.8, 4) is 11.1 Å². The average Bonchev–Trinajstić information content (AvgIpc) is 3.33. The molecule has 1 aromatic heterocycles. The SMILES string of the molecule is O=P1(c2ccccc2)c2ccc3ccccc3c2-c2ccc3sc4ccccc4c3c21. The molecule has 0 bridgehead atoms. The van der Waals surface area contributed by atoms with E-state index >= 15 is 4.57 Å². The molecule has 0 aliphatic carbocycles. The van der Waals surface area contributed by atoms with Crippen LogP contribution in [0.4, 0.5) is 0 Å². The summed E-state index contributed by atoms with van der Waals surface area (Å²) in [7, 11) is -3.02. The third-order valence-corrected chi connectivity index (χ3v) is 10.8. The molecule has 6 aromatic rings. The number of hydrogen-bond donors (Lipinski definition) is 0. The summed E-state index contributed by atoms with van der Waals surface area (Å²) < 4.78 is 17.7. The minimum absolute atomic E-state index is 0.910. The van der Waals surface area contributed by atoms with Gasteiger partial charge in [0.25, 0.3) is 0 Å². The zero-order valence-electron chi connectivity index (χ0n) is 16.6. The van der Waals surface area contributed by atoms with E-state index in [9.17, 15) is 0 Å². The molecule has 1 aliphatic heterocycles. The Labute approximate surface area is 184 Å². The van der Waals surface area contributed by atoms with Crippen LogP contribution < -0.4 is 15.9 Å². The van der Waals surface area contributed by atoms with E-state index in [1.54, 1.807) is 11.3 Å². The van der Waals surface area contributed by atoms with E-state index in [1.165, 1.54) is 25.6 Å². The summed E-state index contributed by atoms with van der Waals surface area (Å²) in [6, 6.07) is 35.6. The first-order chi connectivity index (χ1) is 15.3. The van der Waals surface area contributed by atoms with Gasteiger partial charge in [-0.2, -0.15) is 0 Å². The second kappa shape index (κ2) is 6.17. The first-order valence-electron chi connectivity index (χ1n) is 10.4. The van der Waals surface area contributed by atoms with Crippen LogP contribution in [0, 0.1) is 0 Å². The molecule has 0 radical (unpaired) electrons. The first-order valence-corrected chi connectivity index (χ1v) is 12.9. The predicted octanol–water partition coefficient (Wildman–Crippen LogP) is 6.83. The third-order valence-electron chi connectivity index (χ3n) is 6.47. The van der Waals surface area contributed by atoms with Crippen molar-refractivity contribution in [2.75, 3.05) is 0 Å². The Hall–Kier alpha value is -3.19. The molecule has 5 aromatic carbocycles. The molecule has 0 fully saturated rings. The number of benzene rings is 5. The Morgan fingerprint density at radius 2 is 1.35 bits per heavy atom. The first kappa shape index (κ1) is 17.5. The molecule has 0 saturated heterocycles. The molecule has 1 atom stereocenters. The smallest absolute Gasteiger partial charge is 0.172 e. The summed E-state index contributed by atoms with van der Waals surface area (Å²) in [6.07, 6.45) is 0. The minimum atomic E-state index is -3.02. The zero-order chi connectivity index (χ0) is 20.6. The van der Waals surface area contributed by atoms with E-state index < -0.39 is 7.14 Å². The monoisotopic (exact) mass is 432 g/mol. The van der Waals surface area contributed by atoms with E-state index in [-0.39, 0.29) is 0 Å². The van der Waals surface area contributed by atoms with E-state index in [0.717, 1.165) is 32.4 Å². The molecular formula is C28H17OPS. The summed E-state index contributed by atoms with van der Waals surface area (Å²) in [5.41, 5.74) is 2.26. The van der Waals surface area contributed by atoms with Crippen LogP contribution in [0.1, 0.15) is 0 Å². The molecule has 3 heteroatoms. The maximum Gasteiger partial charge on any atom is 0.172 e. The fourth-order valence-electron chi connectivity index (χ4n) is 5.16. The van der Waals surface area contributed by atoms with Crippen molar-refractivity contribution in [2.45, 2.75) is 0 Å². The Morgan fingerprint density at radius 3 is 2.23 bits per heavy atom. The Morgan fingerprint density at radius 1 is 0.613 bits per heavy atom. The van der Waals surface area contributed by atoms with Gasteiger partial charge in [-0.05, 0) is 34.5 Å². The number of thiophene rings is 1. The molecule has 1 unspecified atom stereocenters. The van der Waals surface area contributed by atoms with Gasteiger partial charge in [-0.3, -0.25) is 0 Å². The van der Waals surface area contributed by atoms with Crippen molar-refractivity contribution in [3.63, 3.8) is 0 Å². The van der Waals surface area contributed by atoms with Crippen LogP contribution >= 0.6 is 18.5 Å². The molecular weight excluding hydrogens is 415 g/mol. The number of rotatable bonds is 1. The van der Waals surface area contributed by atoms with Crippen LogP contribution in [-0.2, 0) is 4.57 Å². The lowest BCUT2D eigenvalue weighted by atomic mass is 9.97. The molecule has 1 aliphatic rings. The lowest BCUT2D eigenvalue weighted by molar-refractivity contribution is 0.593. The van der Waals surface area contributed by atoms with Gasteiger partial charge in [0, 0.05) is 41.6 Å². The van der Waals surface area contributed by atoms with Gasteiger partial charge in [-0.25, -0.2) is 0 Å². The van der Waals surface area contributed by atoms with E-state index in [0.29, 0.717) is 0 Å². The standard InChI is InChI=1S/C28H17OPS/c29-30(19-9-2-1-3-10-19)23-16-14-18-8-4-5-11-20(18)26(23)22-15-17-25-27(28(22)30)21-12-6-7-13-24(21)31-25/h1-17H. The topological polar surface area (TPSA) is 17.1 Å². The molecule has 2 heterocycles. The highest BCUT2D eigenvalue weighted by molar-refractivity contribution is 7.87. The zero-order valence-corrected chi connectivity index (χ0v) is 18.3. The van der Waals surface area contributed by atoms with Crippen molar-refractivity contribution in [3.05, 3.63) is 103 Å². The minimum Gasteiger partial charge on any atom is -0.309 e. The maximum atomic E-state index is 15.3. The van der Waals surface area contributed by atoms with Crippen molar-refractivity contribution in [1.29, 1.82) is 0 Å². The van der Waals surface area contributed by atoms with Crippen LogP contribution in [0.3, 0.4) is 0 Å². The van der Waals surface area contributed by atoms with Crippen molar-refractivity contribution < 1.29 is 4.57 Å². The van der Waals surface area contributed by atoms with Gasteiger partial charge < -0.3 is 4.57 Å². The highest BCUT2D eigenvalue weighted by Crippen LogP contribution is 2.56. The largest absolute Gasteiger partial charge is 0.309 e. The summed E-state index contributed by atoms with van der Waals surface area (Å²) in [5, 5.41) is 7.61. The molecule has 0 spiro atoms. The molecule has 31 heavy (non-hydrogen) atoms. The molecule has 0 amide bonds. The van der Waals surface area contributed by atoms with Crippen LogP contribution in [0.25, 0.3) is 42.1 Å². The summed E-state index contributed by atoms with van der Waals surface area (Å²) in [5.74, 6) is 0. The molecule has 7 rings (SSSR count). The lowest BCUT2D eigenvalue weighted by Crippen LogP contribution is -2.21. The number of fused-ring (bicyclic) bond motifs is 9. The van der Waals surface area contributed by atoms with Crippen LogP contribution in [0.2, 0.25) is 0 Å². The van der Waals surface area contributed by atoms with Gasteiger partial charge >= 0.3 is 0 Å². The van der Waals surface area contributed by atoms with Crippen LogP contribution in [-0.4, -0.2) is 0 Å². The average molecular weight is 432 g/mol.